The summed E-state index contributed by atoms with van der Waals surface area (Å²) in [5.74, 6) is -0.388. The minimum Gasteiger partial charge on any atom is -0.298 e. The van der Waals surface area contributed by atoms with Crippen LogP contribution in [0.15, 0.2) is 18.2 Å². The first-order valence-electron chi connectivity index (χ1n) is 5.87. The van der Waals surface area contributed by atoms with Crippen LogP contribution in [-0.4, -0.2) is 16.1 Å². The van der Waals surface area contributed by atoms with Gasteiger partial charge in [0.25, 0.3) is 0 Å². The average molecular weight is 246 g/mol. The Balaban J connectivity index is 2.62. The Morgan fingerprint density at radius 1 is 1.39 bits per heavy atom. The van der Waals surface area contributed by atoms with Crippen molar-refractivity contribution in [3.05, 3.63) is 41.0 Å². The highest BCUT2D eigenvalue weighted by Crippen LogP contribution is 2.29. The van der Waals surface area contributed by atoms with Gasteiger partial charge in [-0.1, -0.05) is 12.1 Å². The number of hydrogen-bond acceptors (Lipinski definition) is 2. The van der Waals surface area contributed by atoms with Gasteiger partial charge in [-0.15, -0.1) is 0 Å². The van der Waals surface area contributed by atoms with Crippen LogP contribution in [0.4, 0.5) is 4.39 Å². The third-order valence-corrected chi connectivity index (χ3v) is 3.08. The molecule has 0 saturated carbocycles. The zero-order chi connectivity index (χ0) is 13.3. The maximum atomic E-state index is 14.0. The Morgan fingerprint density at radius 2 is 2.11 bits per heavy atom. The number of halogens is 1. The molecule has 0 atom stereocenters. The molecule has 1 heterocycles. The molecule has 0 radical (unpaired) electrons. The predicted molar refractivity (Wildman–Crippen MR) is 68.2 cm³/mol. The van der Waals surface area contributed by atoms with Gasteiger partial charge in [0.15, 0.2) is 0 Å². The number of rotatable bonds is 3. The van der Waals surface area contributed by atoms with Crippen molar-refractivity contribution in [3.63, 3.8) is 0 Å². The van der Waals surface area contributed by atoms with E-state index in [0.717, 1.165) is 23.5 Å². The first-order chi connectivity index (χ1) is 8.58. The fourth-order valence-corrected chi connectivity index (χ4v) is 2.20. The summed E-state index contributed by atoms with van der Waals surface area (Å²) in [4.78, 5) is 10.6. The molecule has 0 unspecified atom stereocenters. The molecule has 0 fully saturated rings. The molecule has 0 saturated heterocycles. The zero-order valence-electron chi connectivity index (χ0n) is 10.7. The van der Waals surface area contributed by atoms with Crippen molar-refractivity contribution in [1.82, 2.24) is 9.78 Å². The molecule has 1 aromatic carbocycles. The molecule has 0 amide bonds. The Morgan fingerprint density at radius 3 is 2.61 bits per heavy atom. The molecule has 4 heteroatoms. The SMILES string of the molecule is CCn1nc(C)c(-c2ccc(C=O)cc2F)c1C. The molecule has 0 aliphatic carbocycles. The molecule has 2 aromatic rings. The molecule has 0 aliphatic heterocycles. The Kier molecular flexibility index (Phi) is 3.28. The van der Waals surface area contributed by atoms with Crippen molar-refractivity contribution in [3.8, 4) is 11.1 Å². The molecule has 1 aromatic heterocycles. The van der Waals surface area contributed by atoms with Crippen LogP contribution in [0, 0.1) is 19.7 Å². The van der Waals surface area contributed by atoms with Crippen LogP contribution in [0.5, 0.6) is 0 Å². The number of aryl methyl sites for hydroxylation is 2. The summed E-state index contributed by atoms with van der Waals surface area (Å²) < 4.78 is 15.8. The second kappa shape index (κ2) is 4.72. The van der Waals surface area contributed by atoms with E-state index >= 15 is 0 Å². The van der Waals surface area contributed by atoms with E-state index in [0.29, 0.717) is 17.4 Å². The van der Waals surface area contributed by atoms with Gasteiger partial charge in [0.2, 0.25) is 0 Å². The lowest BCUT2D eigenvalue weighted by molar-refractivity contribution is 0.112. The van der Waals surface area contributed by atoms with Gasteiger partial charge in [-0.3, -0.25) is 9.48 Å². The molecule has 18 heavy (non-hydrogen) atoms. The third-order valence-electron chi connectivity index (χ3n) is 3.08. The topological polar surface area (TPSA) is 34.9 Å². The van der Waals surface area contributed by atoms with Crippen LogP contribution in [0.25, 0.3) is 11.1 Å². The summed E-state index contributed by atoms with van der Waals surface area (Å²) in [7, 11) is 0. The lowest BCUT2D eigenvalue weighted by Gasteiger charge is -2.05. The number of hydrogen-bond donors (Lipinski definition) is 0. The van der Waals surface area contributed by atoms with Crippen molar-refractivity contribution in [2.75, 3.05) is 0 Å². The summed E-state index contributed by atoms with van der Waals surface area (Å²) in [6, 6.07) is 4.51. The van der Waals surface area contributed by atoms with Crippen LogP contribution < -0.4 is 0 Å². The quantitative estimate of drug-likeness (QED) is 0.780. The minimum absolute atomic E-state index is 0.342. The van der Waals surface area contributed by atoms with Crippen molar-refractivity contribution in [1.29, 1.82) is 0 Å². The standard InChI is InChI=1S/C14H15FN2O/c1-4-17-10(3)14(9(2)16-17)12-6-5-11(8-18)7-13(12)15/h5-8H,4H2,1-3H3. The molecule has 0 aliphatic rings. The summed E-state index contributed by atoms with van der Waals surface area (Å²) in [5, 5.41) is 4.37. The third kappa shape index (κ3) is 1.94. The van der Waals surface area contributed by atoms with Gasteiger partial charge in [-0.05, 0) is 26.8 Å². The fraction of sp³-hybridized carbons (Fsp3) is 0.286. The van der Waals surface area contributed by atoms with Gasteiger partial charge in [-0.2, -0.15) is 5.10 Å². The average Bonchev–Trinajstić information content (AvgIpc) is 2.64. The van der Waals surface area contributed by atoms with Crippen molar-refractivity contribution in [2.24, 2.45) is 0 Å². The fourth-order valence-electron chi connectivity index (χ4n) is 2.20. The number of carbonyl (C=O) groups excluding carboxylic acids is 1. The first kappa shape index (κ1) is 12.5. The Hall–Kier alpha value is -1.97. The van der Waals surface area contributed by atoms with Crippen LogP contribution in [0.2, 0.25) is 0 Å². The number of carbonyl (C=O) groups is 1. The maximum Gasteiger partial charge on any atom is 0.150 e. The van der Waals surface area contributed by atoms with Crippen molar-refractivity contribution < 1.29 is 9.18 Å². The molecular weight excluding hydrogens is 231 g/mol. The first-order valence-corrected chi connectivity index (χ1v) is 5.87. The molecule has 2 rings (SSSR count). The molecule has 0 spiro atoms. The van der Waals surface area contributed by atoms with E-state index in [1.165, 1.54) is 6.07 Å². The van der Waals surface area contributed by atoms with E-state index < -0.39 is 0 Å². The smallest absolute Gasteiger partial charge is 0.150 e. The molecule has 0 bridgehead atoms. The van der Waals surface area contributed by atoms with Gasteiger partial charge in [-0.25, -0.2) is 4.39 Å². The van der Waals surface area contributed by atoms with E-state index in [9.17, 15) is 9.18 Å². The van der Waals surface area contributed by atoms with Gasteiger partial charge in [0.1, 0.15) is 12.1 Å². The van der Waals surface area contributed by atoms with E-state index in [1.807, 2.05) is 25.5 Å². The summed E-state index contributed by atoms with van der Waals surface area (Å²) in [6.07, 6.45) is 0.641. The molecule has 3 nitrogen and oxygen atoms in total. The predicted octanol–water partition coefficient (Wildman–Crippen LogP) is 3.14. The van der Waals surface area contributed by atoms with Crippen molar-refractivity contribution >= 4 is 6.29 Å². The number of nitrogens with zero attached hydrogens (tertiary/aromatic N) is 2. The summed E-state index contributed by atoms with van der Waals surface area (Å²) >= 11 is 0. The Bertz CT molecular complexity index is 602. The van der Waals surface area contributed by atoms with E-state index in [2.05, 4.69) is 5.10 Å². The van der Waals surface area contributed by atoms with Crippen LogP contribution >= 0.6 is 0 Å². The summed E-state index contributed by atoms with van der Waals surface area (Å²) in [5.41, 5.74) is 3.39. The van der Waals surface area contributed by atoms with Crippen molar-refractivity contribution in [2.45, 2.75) is 27.3 Å². The Labute approximate surface area is 105 Å². The minimum atomic E-state index is -0.388. The lowest BCUT2D eigenvalue weighted by atomic mass is 10.0. The molecule has 0 N–H and O–H groups in total. The van der Waals surface area contributed by atoms with E-state index in [4.69, 9.17) is 0 Å². The van der Waals surface area contributed by atoms with Crippen LogP contribution in [0.1, 0.15) is 28.7 Å². The highest BCUT2D eigenvalue weighted by atomic mass is 19.1. The van der Waals surface area contributed by atoms with Gasteiger partial charge < -0.3 is 0 Å². The lowest BCUT2D eigenvalue weighted by Crippen LogP contribution is -1.99. The second-order valence-corrected chi connectivity index (χ2v) is 4.22. The second-order valence-electron chi connectivity index (χ2n) is 4.22. The zero-order valence-corrected chi connectivity index (χ0v) is 10.7. The molecular formula is C14H15FN2O. The van der Waals surface area contributed by atoms with Gasteiger partial charge in [0, 0.05) is 28.9 Å². The normalized spacial score (nSPS) is 10.7. The highest BCUT2D eigenvalue weighted by Gasteiger charge is 2.16. The van der Waals surface area contributed by atoms with Gasteiger partial charge in [0.05, 0.1) is 5.69 Å². The van der Waals surface area contributed by atoms with Gasteiger partial charge >= 0.3 is 0 Å². The number of aldehydes is 1. The van der Waals surface area contributed by atoms with E-state index in [1.54, 1.807) is 12.1 Å². The number of benzene rings is 1. The molecule has 94 valence electrons. The van der Waals surface area contributed by atoms with Crippen LogP contribution in [-0.2, 0) is 6.54 Å². The monoisotopic (exact) mass is 246 g/mol. The largest absolute Gasteiger partial charge is 0.298 e. The summed E-state index contributed by atoms with van der Waals surface area (Å²) in [6.45, 7) is 6.53. The highest BCUT2D eigenvalue weighted by molar-refractivity contribution is 5.78. The number of aromatic nitrogens is 2. The maximum absolute atomic E-state index is 14.0. The van der Waals surface area contributed by atoms with E-state index in [-0.39, 0.29) is 5.82 Å². The van der Waals surface area contributed by atoms with Crippen LogP contribution in [0.3, 0.4) is 0 Å².